The lowest BCUT2D eigenvalue weighted by Gasteiger charge is -2.11. The summed E-state index contributed by atoms with van der Waals surface area (Å²) in [4.78, 5) is 9.67. The largest absolute Gasteiger partial charge is 0.266 e. The minimum absolute atomic E-state index is 0.292. The lowest BCUT2D eigenvalue weighted by atomic mass is 10.1. The van der Waals surface area contributed by atoms with Gasteiger partial charge in [0.2, 0.25) is 0 Å². The zero-order valence-electron chi connectivity index (χ0n) is 9.37. The maximum Gasteiger partial charge on any atom is 0.114 e. The molecule has 1 aromatic heterocycles. The maximum atomic E-state index is 6.10. The Hall–Kier alpha value is -0.710. The van der Waals surface area contributed by atoms with Gasteiger partial charge in [0.15, 0.2) is 0 Å². The highest BCUT2D eigenvalue weighted by Gasteiger charge is 2.24. The minimum Gasteiger partial charge on any atom is -0.266 e. The van der Waals surface area contributed by atoms with Gasteiger partial charge in [-0.15, -0.1) is 11.8 Å². The van der Waals surface area contributed by atoms with Gasteiger partial charge in [-0.25, -0.2) is 4.98 Å². The standard InChI is InChI=1S/C11H13ClN2OS/c1-11(2)5-9(14-15-11)7-4-8(12)10(16-3)13-6-7/h4-6,14H,1-3H3. The average molecular weight is 257 g/mol. The molecule has 5 heteroatoms. The Morgan fingerprint density at radius 2 is 2.25 bits per heavy atom. The van der Waals surface area contributed by atoms with Crippen molar-refractivity contribution in [1.29, 1.82) is 0 Å². The smallest absolute Gasteiger partial charge is 0.114 e. The summed E-state index contributed by atoms with van der Waals surface area (Å²) in [6, 6.07) is 1.89. The number of hydrogen-bond donors (Lipinski definition) is 1. The van der Waals surface area contributed by atoms with E-state index in [1.165, 1.54) is 11.8 Å². The van der Waals surface area contributed by atoms with Crippen LogP contribution in [0.4, 0.5) is 0 Å². The molecule has 3 nitrogen and oxygen atoms in total. The van der Waals surface area contributed by atoms with Crippen LogP contribution in [0.3, 0.4) is 0 Å². The summed E-state index contributed by atoms with van der Waals surface area (Å²) >= 11 is 7.63. The molecule has 0 saturated carbocycles. The molecule has 0 saturated heterocycles. The molecule has 1 aliphatic rings. The van der Waals surface area contributed by atoms with E-state index in [0.29, 0.717) is 5.02 Å². The third-order valence-corrected chi connectivity index (χ3v) is 3.34. The Labute approximate surface area is 104 Å². The first-order valence-corrected chi connectivity index (χ1v) is 6.49. The summed E-state index contributed by atoms with van der Waals surface area (Å²) in [5.74, 6) is 0. The zero-order valence-corrected chi connectivity index (χ0v) is 10.9. The van der Waals surface area contributed by atoms with Gasteiger partial charge in [0.05, 0.1) is 10.7 Å². The van der Waals surface area contributed by atoms with E-state index >= 15 is 0 Å². The predicted octanol–water partition coefficient (Wildman–Crippen LogP) is 3.11. The predicted molar refractivity (Wildman–Crippen MR) is 67.3 cm³/mol. The molecule has 1 aromatic rings. The SMILES string of the molecule is CSc1ncc(C2=CC(C)(C)ON2)cc1Cl. The van der Waals surface area contributed by atoms with Crippen LogP contribution in [0.15, 0.2) is 23.4 Å². The molecule has 0 aromatic carbocycles. The number of nitrogens with zero attached hydrogens (tertiary/aromatic N) is 1. The van der Waals surface area contributed by atoms with Crippen LogP contribution in [-0.4, -0.2) is 16.8 Å². The third kappa shape index (κ3) is 2.34. The van der Waals surface area contributed by atoms with Crippen LogP contribution in [0.25, 0.3) is 5.70 Å². The van der Waals surface area contributed by atoms with Crippen molar-refractivity contribution in [2.75, 3.05) is 6.26 Å². The van der Waals surface area contributed by atoms with Crippen LogP contribution in [0, 0.1) is 0 Å². The number of hydrogen-bond acceptors (Lipinski definition) is 4. The molecule has 2 heterocycles. The Bertz CT molecular complexity index is 446. The molecule has 1 N–H and O–H groups in total. The summed E-state index contributed by atoms with van der Waals surface area (Å²) < 4.78 is 0. The highest BCUT2D eigenvalue weighted by Crippen LogP contribution is 2.29. The van der Waals surface area contributed by atoms with E-state index in [-0.39, 0.29) is 5.60 Å². The molecule has 2 rings (SSSR count). The summed E-state index contributed by atoms with van der Waals surface area (Å²) in [7, 11) is 0. The number of halogens is 1. The number of hydroxylamine groups is 1. The van der Waals surface area contributed by atoms with Crippen molar-refractivity contribution < 1.29 is 4.84 Å². The van der Waals surface area contributed by atoms with E-state index in [2.05, 4.69) is 10.5 Å². The van der Waals surface area contributed by atoms with E-state index < -0.39 is 0 Å². The molecule has 0 fully saturated rings. The second-order valence-electron chi connectivity index (χ2n) is 4.08. The molecular formula is C11H13ClN2OS. The van der Waals surface area contributed by atoms with Crippen LogP contribution < -0.4 is 5.48 Å². The van der Waals surface area contributed by atoms with Gasteiger partial charge in [0.1, 0.15) is 10.6 Å². The molecule has 0 spiro atoms. The Morgan fingerprint density at radius 1 is 1.50 bits per heavy atom. The maximum absolute atomic E-state index is 6.10. The van der Waals surface area contributed by atoms with E-state index in [9.17, 15) is 0 Å². The van der Waals surface area contributed by atoms with Crippen LogP contribution >= 0.6 is 23.4 Å². The van der Waals surface area contributed by atoms with Gasteiger partial charge in [-0.1, -0.05) is 11.6 Å². The molecule has 0 atom stereocenters. The summed E-state index contributed by atoms with van der Waals surface area (Å²) in [6.45, 7) is 3.97. The van der Waals surface area contributed by atoms with Crippen molar-refractivity contribution in [3.8, 4) is 0 Å². The highest BCUT2D eigenvalue weighted by atomic mass is 35.5. The average Bonchev–Trinajstić information content (AvgIpc) is 2.59. The topological polar surface area (TPSA) is 34.1 Å². The van der Waals surface area contributed by atoms with Gasteiger partial charge >= 0.3 is 0 Å². The van der Waals surface area contributed by atoms with Crippen LogP contribution in [0.5, 0.6) is 0 Å². The number of aromatic nitrogens is 1. The number of rotatable bonds is 2. The molecular weight excluding hydrogens is 244 g/mol. The second-order valence-corrected chi connectivity index (χ2v) is 5.28. The van der Waals surface area contributed by atoms with Crippen LogP contribution in [0.1, 0.15) is 19.4 Å². The second kappa shape index (κ2) is 4.28. The van der Waals surface area contributed by atoms with Crippen molar-refractivity contribution in [1.82, 2.24) is 10.5 Å². The Kier molecular flexibility index (Phi) is 3.15. The van der Waals surface area contributed by atoms with Crippen LogP contribution in [-0.2, 0) is 4.84 Å². The van der Waals surface area contributed by atoms with Gasteiger partial charge in [-0.3, -0.25) is 10.3 Å². The molecule has 0 unspecified atom stereocenters. The van der Waals surface area contributed by atoms with Gasteiger partial charge in [0, 0.05) is 11.8 Å². The molecule has 0 radical (unpaired) electrons. The van der Waals surface area contributed by atoms with Crippen molar-refractivity contribution in [3.05, 3.63) is 28.9 Å². The fraction of sp³-hybridized carbons (Fsp3) is 0.364. The normalized spacial score (nSPS) is 18.1. The third-order valence-electron chi connectivity index (χ3n) is 2.23. The number of nitrogens with one attached hydrogen (secondary N) is 1. The van der Waals surface area contributed by atoms with Crippen molar-refractivity contribution >= 4 is 29.1 Å². The monoisotopic (exact) mass is 256 g/mol. The quantitative estimate of drug-likeness (QED) is 0.825. The van der Waals surface area contributed by atoms with E-state index in [4.69, 9.17) is 16.4 Å². The van der Waals surface area contributed by atoms with Gasteiger partial charge in [-0.2, -0.15) is 0 Å². The molecule has 16 heavy (non-hydrogen) atoms. The van der Waals surface area contributed by atoms with E-state index in [1.807, 2.05) is 32.2 Å². The van der Waals surface area contributed by atoms with E-state index in [1.54, 1.807) is 6.20 Å². The molecule has 1 aliphatic heterocycles. The Morgan fingerprint density at radius 3 is 2.75 bits per heavy atom. The fourth-order valence-corrected chi connectivity index (χ4v) is 2.27. The fourth-order valence-electron chi connectivity index (χ4n) is 1.46. The molecule has 0 amide bonds. The number of thioether (sulfide) groups is 1. The minimum atomic E-state index is -0.292. The molecule has 0 bridgehead atoms. The van der Waals surface area contributed by atoms with Crippen molar-refractivity contribution in [2.24, 2.45) is 0 Å². The molecule has 0 aliphatic carbocycles. The number of pyridine rings is 1. The summed E-state index contributed by atoms with van der Waals surface area (Å²) in [5.41, 5.74) is 4.44. The lowest BCUT2D eigenvalue weighted by molar-refractivity contribution is -0.00840. The van der Waals surface area contributed by atoms with Gasteiger partial charge in [-0.05, 0) is 32.2 Å². The van der Waals surface area contributed by atoms with Gasteiger partial charge < -0.3 is 0 Å². The first-order chi connectivity index (χ1) is 7.52. The molecule has 86 valence electrons. The summed E-state index contributed by atoms with van der Waals surface area (Å²) in [6.07, 6.45) is 5.76. The first-order valence-electron chi connectivity index (χ1n) is 4.88. The first kappa shape index (κ1) is 11.8. The Balaban J connectivity index is 2.33. The van der Waals surface area contributed by atoms with E-state index in [0.717, 1.165) is 16.3 Å². The van der Waals surface area contributed by atoms with Crippen LogP contribution in [0.2, 0.25) is 5.02 Å². The van der Waals surface area contributed by atoms with Crippen molar-refractivity contribution in [3.63, 3.8) is 0 Å². The van der Waals surface area contributed by atoms with Gasteiger partial charge in [0.25, 0.3) is 0 Å². The van der Waals surface area contributed by atoms with Crippen molar-refractivity contribution in [2.45, 2.75) is 24.5 Å². The zero-order chi connectivity index (χ0) is 11.8. The summed E-state index contributed by atoms with van der Waals surface area (Å²) in [5, 5.41) is 1.50. The lowest BCUT2D eigenvalue weighted by Crippen LogP contribution is -2.20. The highest BCUT2D eigenvalue weighted by molar-refractivity contribution is 7.98.